The van der Waals surface area contributed by atoms with Crippen molar-refractivity contribution >= 4 is 5.91 Å². The molecular formula is C18H28N4O2. The van der Waals surface area contributed by atoms with E-state index in [2.05, 4.69) is 26.6 Å². The van der Waals surface area contributed by atoms with Gasteiger partial charge in [-0.1, -0.05) is 6.92 Å². The van der Waals surface area contributed by atoms with Crippen LogP contribution in [0.3, 0.4) is 0 Å². The topological polar surface area (TPSA) is 60.2 Å². The van der Waals surface area contributed by atoms with Gasteiger partial charge in [0, 0.05) is 31.7 Å². The summed E-state index contributed by atoms with van der Waals surface area (Å²) in [6, 6.07) is 0.624. The Morgan fingerprint density at radius 3 is 2.75 bits per heavy atom. The number of ether oxygens (including phenoxy) is 1. The first kappa shape index (κ1) is 16.1. The molecule has 2 saturated heterocycles. The van der Waals surface area contributed by atoms with Crippen LogP contribution in [0, 0.1) is 5.92 Å². The van der Waals surface area contributed by atoms with E-state index in [0.717, 1.165) is 57.6 Å². The Balaban J connectivity index is 1.37. The molecule has 2 aliphatic heterocycles. The average Bonchev–Trinajstić information content (AvgIpc) is 3.38. The summed E-state index contributed by atoms with van der Waals surface area (Å²) in [5.74, 6) is 1.96. The monoisotopic (exact) mass is 332 g/mol. The van der Waals surface area contributed by atoms with Crippen LogP contribution in [0.4, 0.5) is 0 Å². The number of hydrogen-bond donors (Lipinski definition) is 0. The Hall–Kier alpha value is -1.43. The molecule has 1 amide bonds. The Labute approximate surface area is 143 Å². The fraction of sp³-hybridized carbons (Fsp3) is 0.833. The van der Waals surface area contributed by atoms with Crippen molar-refractivity contribution in [3.8, 4) is 0 Å². The van der Waals surface area contributed by atoms with Gasteiger partial charge in [-0.05, 0) is 44.9 Å². The van der Waals surface area contributed by atoms with Crippen molar-refractivity contribution in [2.24, 2.45) is 5.92 Å². The first-order valence-electron chi connectivity index (χ1n) is 9.57. The number of likely N-dealkylation sites (tertiary alicyclic amines) is 1. The highest BCUT2D eigenvalue weighted by molar-refractivity contribution is 5.79. The molecule has 3 heterocycles. The predicted molar refractivity (Wildman–Crippen MR) is 89.6 cm³/mol. The number of carbonyl (C=O) groups excluding carboxylic acids is 1. The summed E-state index contributed by atoms with van der Waals surface area (Å²) in [7, 11) is 0. The van der Waals surface area contributed by atoms with Gasteiger partial charge in [0.05, 0.1) is 12.0 Å². The number of amides is 1. The predicted octanol–water partition coefficient (Wildman–Crippen LogP) is 2.52. The smallest absolute Gasteiger partial charge is 0.228 e. The summed E-state index contributed by atoms with van der Waals surface area (Å²) in [4.78, 5) is 15.0. The largest absolute Gasteiger partial charge is 0.377 e. The Bertz CT molecular complexity index is 575. The number of piperidine rings is 1. The van der Waals surface area contributed by atoms with Gasteiger partial charge in [0.25, 0.3) is 0 Å². The van der Waals surface area contributed by atoms with Crippen molar-refractivity contribution in [3.63, 3.8) is 0 Å². The molecule has 0 N–H and O–H groups in total. The van der Waals surface area contributed by atoms with Crippen LogP contribution in [0.15, 0.2) is 6.33 Å². The Morgan fingerprint density at radius 1 is 1.25 bits per heavy atom. The van der Waals surface area contributed by atoms with Crippen LogP contribution in [-0.2, 0) is 9.53 Å². The van der Waals surface area contributed by atoms with Crippen molar-refractivity contribution in [2.75, 3.05) is 19.7 Å². The molecule has 3 aliphatic rings. The second-order valence-electron chi connectivity index (χ2n) is 7.49. The first-order valence-corrected chi connectivity index (χ1v) is 9.57. The van der Waals surface area contributed by atoms with Gasteiger partial charge in [0.15, 0.2) is 0 Å². The molecule has 2 atom stereocenters. The quantitative estimate of drug-likeness (QED) is 0.850. The zero-order chi connectivity index (χ0) is 16.5. The summed E-state index contributed by atoms with van der Waals surface area (Å²) in [6.45, 7) is 4.61. The van der Waals surface area contributed by atoms with Crippen LogP contribution in [0.5, 0.6) is 0 Å². The van der Waals surface area contributed by atoms with E-state index in [1.54, 1.807) is 0 Å². The first-order chi connectivity index (χ1) is 11.8. The third-order valence-corrected chi connectivity index (χ3v) is 5.87. The minimum Gasteiger partial charge on any atom is -0.377 e. The summed E-state index contributed by atoms with van der Waals surface area (Å²) in [6.07, 6.45) is 9.42. The van der Waals surface area contributed by atoms with Crippen LogP contribution in [0.2, 0.25) is 0 Å². The van der Waals surface area contributed by atoms with Gasteiger partial charge in [0.1, 0.15) is 12.2 Å². The summed E-state index contributed by atoms with van der Waals surface area (Å²) < 4.78 is 8.08. The molecule has 0 bridgehead atoms. The van der Waals surface area contributed by atoms with Gasteiger partial charge in [0.2, 0.25) is 5.91 Å². The zero-order valence-corrected chi connectivity index (χ0v) is 14.6. The van der Waals surface area contributed by atoms with Crippen LogP contribution in [0.1, 0.15) is 69.7 Å². The van der Waals surface area contributed by atoms with Crippen molar-refractivity contribution in [3.05, 3.63) is 12.2 Å². The molecule has 1 aromatic heterocycles. The highest BCUT2D eigenvalue weighted by Crippen LogP contribution is 2.38. The number of rotatable bonds is 4. The molecule has 4 rings (SSSR count). The number of carbonyl (C=O) groups is 1. The van der Waals surface area contributed by atoms with E-state index in [-0.39, 0.29) is 12.0 Å². The molecule has 6 nitrogen and oxygen atoms in total. The van der Waals surface area contributed by atoms with Crippen molar-refractivity contribution in [1.82, 2.24) is 19.7 Å². The summed E-state index contributed by atoms with van der Waals surface area (Å²) >= 11 is 0. The van der Waals surface area contributed by atoms with Gasteiger partial charge >= 0.3 is 0 Å². The van der Waals surface area contributed by atoms with Crippen LogP contribution in [-0.4, -0.2) is 51.4 Å². The SMILES string of the molecule is CC[C@@H]1OCCC[C@@H]1C(=O)N1CCC(c2nncn2C2CC2)CC1. The van der Waals surface area contributed by atoms with Crippen LogP contribution < -0.4 is 0 Å². The van der Waals surface area contributed by atoms with Crippen molar-refractivity contribution in [2.45, 2.75) is 69.9 Å². The lowest BCUT2D eigenvalue weighted by molar-refractivity contribution is -0.146. The Kier molecular flexibility index (Phi) is 4.57. The number of aromatic nitrogens is 3. The lowest BCUT2D eigenvalue weighted by Gasteiger charge is -2.37. The maximum Gasteiger partial charge on any atom is 0.228 e. The summed E-state index contributed by atoms with van der Waals surface area (Å²) in [5.41, 5.74) is 0. The Morgan fingerprint density at radius 2 is 2.04 bits per heavy atom. The third kappa shape index (κ3) is 3.08. The van der Waals surface area contributed by atoms with E-state index < -0.39 is 0 Å². The van der Waals surface area contributed by atoms with Crippen molar-refractivity contribution < 1.29 is 9.53 Å². The van der Waals surface area contributed by atoms with Crippen LogP contribution >= 0.6 is 0 Å². The van der Waals surface area contributed by atoms with Gasteiger partial charge in [-0.3, -0.25) is 4.79 Å². The number of hydrogen-bond acceptors (Lipinski definition) is 4. The minimum atomic E-state index is 0.0652. The van der Waals surface area contributed by atoms with Gasteiger partial charge in [-0.2, -0.15) is 0 Å². The van der Waals surface area contributed by atoms with Crippen LogP contribution in [0.25, 0.3) is 0 Å². The van der Waals surface area contributed by atoms with E-state index >= 15 is 0 Å². The fourth-order valence-electron chi connectivity index (χ4n) is 4.30. The highest BCUT2D eigenvalue weighted by Gasteiger charge is 2.36. The standard InChI is InChI=1S/C18H28N4O2/c1-2-16-15(4-3-11-24-16)18(23)21-9-7-13(8-10-21)17-20-19-12-22(17)14-5-6-14/h12-16H,2-11H2,1H3/t15-,16-/m0/s1. The van der Waals surface area contributed by atoms with E-state index in [0.29, 0.717) is 17.9 Å². The molecule has 6 heteroatoms. The van der Waals surface area contributed by atoms with E-state index in [4.69, 9.17) is 4.74 Å². The highest BCUT2D eigenvalue weighted by atomic mass is 16.5. The zero-order valence-electron chi connectivity index (χ0n) is 14.6. The molecule has 0 aromatic carbocycles. The molecular weight excluding hydrogens is 304 g/mol. The third-order valence-electron chi connectivity index (χ3n) is 5.87. The lowest BCUT2D eigenvalue weighted by atomic mass is 9.89. The molecule has 24 heavy (non-hydrogen) atoms. The maximum absolute atomic E-state index is 12.9. The maximum atomic E-state index is 12.9. The van der Waals surface area contributed by atoms with Gasteiger partial charge in [-0.25, -0.2) is 0 Å². The molecule has 1 aliphatic carbocycles. The second-order valence-corrected chi connectivity index (χ2v) is 7.49. The average molecular weight is 332 g/mol. The van der Waals surface area contributed by atoms with Gasteiger partial charge in [-0.15, -0.1) is 10.2 Å². The van der Waals surface area contributed by atoms with E-state index in [1.165, 1.54) is 12.8 Å². The molecule has 1 saturated carbocycles. The minimum absolute atomic E-state index is 0.0652. The lowest BCUT2D eigenvalue weighted by Crippen LogP contribution is -2.46. The molecule has 132 valence electrons. The molecule has 0 spiro atoms. The summed E-state index contributed by atoms with van der Waals surface area (Å²) in [5, 5.41) is 8.50. The van der Waals surface area contributed by atoms with Crippen molar-refractivity contribution in [1.29, 1.82) is 0 Å². The molecule has 3 fully saturated rings. The second kappa shape index (κ2) is 6.82. The molecule has 1 aromatic rings. The molecule has 0 radical (unpaired) electrons. The fourth-order valence-corrected chi connectivity index (χ4v) is 4.30. The normalized spacial score (nSPS) is 29.0. The van der Waals surface area contributed by atoms with E-state index in [9.17, 15) is 4.79 Å². The van der Waals surface area contributed by atoms with Gasteiger partial charge < -0.3 is 14.2 Å². The van der Waals surface area contributed by atoms with E-state index in [1.807, 2.05) is 6.33 Å². The molecule has 0 unspecified atom stereocenters. The number of nitrogens with zero attached hydrogens (tertiary/aromatic N) is 4.